The maximum Gasteiger partial charge on any atom is 0.223 e. The molecule has 3 nitrogen and oxygen atoms in total. The second-order valence-electron chi connectivity index (χ2n) is 6.50. The first-order valence-corrected chi connectivity index (χ1v) is 8.13. The molecule has 0 aliphatic heterocycles. The van der Waals surface area contributed by atoms with E-state index in [0.29, 0.717) is 6.04 Å². The van der Waals surface area contributed by atoms with Gasteiger partial charge in [-0.3, -0.25) is 4.79 Å². The minimum absolute atomic E-state index is 0.223. The van der Waals surface area contributed by atoms with Gasteiger partial charge in [-0.25, -0.2) is 0 Å². The molecular weight excluding hydrogens is 236 g/mol. The van der Waals surface area contributed by atoms with E-state index in [4.69, 9.17) is 5.73 Å². The Kier molecular flexibility index (Phi) is 8.11. The van der Waals surface area contributed by atoms with E-state index < -0.39 is 0 Å². The molecule has 0 spiro atoms. The fraction of sp³-hybridized carbons (Fsp3) is 0.938. The highest BCUT2D eigenvalue weighted by molar-refractivity contribution is 5.78. The van der Waals surface area contributed by atoms with Gasteiger partial charge in [-0.2, -0.15) is 0 Å². The lowest BCUT2D eigenvalue weighted by atomic mass is 9.86. The van der Waals surface area contributed by atoms with E-state index in [1.807, 2.05) is 0 Å². The predicted octanol–water partition coefficient (Wildman–Crippen LogP) is 3.23. The van der Waals surface area contributed by atoms with Gasteiger partial charge in [-0.15, -0.1) is 0 Å². The van der Waals surface area contributed by atoms with Crippen molar-refractivity contribution in [1.82, 2.24) is 5.32 Å². The number of nitrogens with one attached hydrogen (secondary N) is 1. The molecule has 1 fully saturated rings. The smallest absolute Gasteiger partial charge is 0.223 e. The van der Waals surface area contributed by atoms with Crippen molar-refractivity contribution in [2.75, 3.05) is 6.54 Å². The summed E-state index contributed by atoms with van der Waals surface area (Å²) in [6.07, 6.45) is 10.3. The lowest BCUT2D eigenvalue weighted by Gasteiger charge is -2.25. The van der Waals surface area contributed by atoms with Crippen LogP contribution in [0.1, 0.15) is 71.6 Å². The van der Waals surface area contributed by atoms with Crippen LogP contribution in [0, 0.1) is 11.8 Å². The Balaban J connectivity index is 1.95. The zero-order valence-corrected chi connectivity index (χ0v) is 12.8. The van der Waals surface area contributed by atoms with Crippen LogP contribution in [0.3, 0.4) is 0 Å². The van der Waals surface area contributed by atoms with Crippen LogP contribution in [0.15, 0.2) is 0 Å². The molecule has 0 aromatic carbocycles. The SMILES string of the molecule is CC(C)CCCCCCNC(=O)C1CCC(N)CC1. The quantitative estimate of drug-likeness (QED) is 0.664. The molecule has 0 saturated heterocycles. The second-order valence-corrected chi connectivity index (χ2v) is 6.50. The van der Waals surface area contributed by atoms with Crippen molar-refractivity contribution in [1.29, 1.82) is 0 Å². The zero-order valence-electron chi connectivity index (χ0n) is 12.8. The fourth-order valence-corrected chi connectivity index (χ4v) is 2.77. The average molecular weight is 268 g/mol. The second kappa shape index (κ2) is 9.35. The molecule has 0 atom stereocenters. The summed E-state index contributed by atoms with van der Waals surface area (Å²) in [5.41, 5.74) is 5.85. The fourth-order valence-electron chi connectivity index (χ4n) is 2.77. The highest BCUT2D eigenvalue weighted by atomic mass is 16.1. The van der Waals surface area contributed by atoms with Gasteiger partial charge in [0.25, 0.3) is 0 Å². The van der Waals surface area contributed by atoms with E-state index in [1.54, 1.807) is 0 Å². The van der Waals surface area contributed by atoms with Crippen molar-refractivity contribution in [3.63, 3.8) is 0 Å². The van der Waals surface area contributed by atoms with Crippen molar-refractivity contribution in [2.45, 2.75) is 77.7 Å². The monoisotopic (exact) mass is 268 g/mol. The molecule has 0 radical (unpaired) electrons. The number of carbonyl (C=O) groups is 1. The lowest BCUT2D eigenvalue weighted by Crippen LogP contribution is -2.36. The minimum atomic E-state index is 0.223. The van der Waals surface area contributed by atoms with E-state index in [1.165, 1.54) is 25.7 Å². The van der Waals surface area contributed by atoms with Gasteiger partial charge >= 0.3 is 0 Å². The van der Waals surface area contributed by atoms with Crippen LogP contribution in [0.25, 0.3) is 0 Å². The summed E-state index contributed by atoms with van der Waals surface area (Å²) in [6.45, 7) is 5.40. The van der Waals surface area contributed by atoms with Gasteiger partial charge in [0.15, 0.2) is 0 Å². The zero-order chi connectivity index (χ0) is 14.1. The van der Waals surface area contributed by atoms with E-state index in [-0.39, 0.29) is 11.8 Å². The van der Waals surface area contributed by atoms with Crippen molar-refractivity contribution in [3.05, 3.63) is 0 Å². The Hall–Kier alpha value is -0.570. The van der Waals surface area contributed by atoms with E-state index >= 15 is 0 Å². The summed E-state index contributed by atoms with van der Waals surface area (Å²) in [4.78, 5) is 11.9. The Morgan fingerprint density at radius 3 is 2.37 bits per heavy atom. The van der Waals surface area contributed by atoms with E-state index in [9.17, 15) is 4.79 Å². The van der Waals surface area contributed by atoms with Gasteiger partial charge < -0.3 is 11.1 Å². The maximum absolute atomic E-state index is 11.9. The summed E-state index contributed by atoms with van der Waals surface area (Å²) < 4.78 is 0. The number of hydrogen-bond donors (Lipinski definition) is 2. The van der Waals surface area contributed by atoms with Gasteiger partial charge in [0.1, 0.15) is 0 Å². The Labute approximate surface area is 118 Å². The summed E-state index contributed by atoms with van der Waals surface area (Å²) >= 11 is 0. The molecule has 0 heterocycles. The number of amides is 1. The Bertz CT molecular complexity index is 245. The minimum Gasteiger partial charge on any atom is -0.356 e. The summed E-state index contributed by atoms with van der Waals surface area (Å²) in [5.74, 6) is 1.30. The molecule has 1 aliphatic rings. The molecule has 3 heteroatoms. The van der Waals surface area contributed by atoms with Crippen LogP contribution in [0.4, 0.5) is 0 Å². The first-order valence-electron chi connectivity index (χ1n) is 8.13. The number of unbranched alkanes of at least 4 members (excludes halogenated alkanes) is 3. The molecule has 19 heavy (non-hydrogen) atoms. The van der Waals surface area contributed by atoms with Crippen molar-refractivity contribution >= 4 is 5.91 Å². The van der Waals surface area contributed by atoms with Crippen molar-refractivity contribution in [2.24, 2.45) is 17.6 Å². The Morgan fingerprint density at radius 2 is 1.74 bits per heavy atom. The molecule has 0 unspecified atom stereocenters. The number of nitrogens with two attached hydrogens (primary N) is 1. The molecule has 0 aromatic heterocycles. The van der Waals surface area contributed by atoms with Crippen molar-refractivity contribution in [3.8, 4) is 0 Å². The highest BCUT2D eigenvalue weighted by Crippen LogP contribution is 2.23. The van der Waals surface area contributed by atoms with Gasteiger partial charge in [0, 0.05) is 18.5 Å². The number of rotatable bonds is 8. The molecule has 0 bridgehead atoms. The van der Waals surface area contributed by atoms with Crippen LogP contribution in [0.2, 0.25) is 0 Å². The van der Waals surface area contributed by atoms with Gasteiger partial charge in [-0.1, -0.05) is 39.5 Å². The molecule has 1 saturated carbocycles. The van der Waals surface area contributed by atoms with Crippen LogP contribution in [-0.4, -0.2) is 18.5 Å². The van der Waals surface area contributed by atoms with Crippen LogP contribution in [0.5, 0.6) is 0 Å². The predicted molar refractivity (Wildman–Crippen MR) is 80.9 cm³/mol. The van der Waals surface area contributed by atoms with Crippen LogP contribution in [-0.2, 0) is 4.79 Å². The summed E-state index contributed by atoms with van der Waals surface area (Å²) in [7, 11) is 0. The number of carbonyl (C=O) groups excluding carboxylic acids is 1. The standard InChI is InChI=1S/C16H32N2O/c1-13(2)7-5-3-4-6-12-18-16(19)14-8-10-15(17)11-9-14/h13-15H,3-12,17H2,1-2H3,(H,18,19). The maximum atomic E-state index is 11.9. The third kappa shape index (κ3) is 7.56. The van der Waals surface area contributed by atoms with E-state index in [2.05, 4.69) is 19.2 Å². The summed E-state index contributed by atoms with van der Waals surface area (Å²) in [6, 6.07) is 0.324. The van der Waals surface area contributed by atoms with E-state index in [0.717, 1.165) is 44.6 Å². The van der Waals surface area contributed by atoms with Gasteiger partial charge in [0.2, 0.25) is 5.91 Å². The third-order valence-corrected chi connectivity index (χ3v) is 4.15. The largest absolute Gasteiger partial charge is 0.356 e. The third-order valence-electron chi connectivity index (χ3n) is 4.15. The molecule has 3 N–H and O–H groups in total. The first-order chi connectivity index (χ1) is 9.09. The Morgan fingerprint density at radius 1 is 1.11 bits per heavy atom. The van der Waals surface area contributed by atoms with Crippen LogP contribution >= 0.6 is 0 Å². The average Bonchev–Trinajstić information content (AvgIpc) is 2.38. The number of hydrogen-bond acceptors (Lipinski definition) is 2. The van der Waals surface area contributed by atoms with Crippen molar-refractivity contribution < 1.29 is 4.79 Å². The normalized spacial score (nSPS) is 23.6. The molecule has 0 aromatic rings. The molecule has 112 valence electrons. The first kappa shape index (κ1) is 16.5. The summed E-state index contributed by atoms with van der Waals surface area (Å²) in [5, 5.41) is 3.09. The molecular formula is C16H32N2O. The van der Waals surface area contributed by atoms with Gasteiger partial charge in [-0.05, 0) is 38.0 Å². The molecule has 1 amide bonds. The van der Waals surface area contributed by atoms with Crippen LogP contribution < -0.4 is 11.1 Å². The highest BCUT2D eigenvalue weighted by Gasteiger charge is 2.23. The molecule has 1 rings (SSSR count). The van der Waals surface area contributed by atoms with Gasteiger partial charge in [0.05, 0.1) is 0 Å². The molecule has 1 aliphatic carbocycles. The lowest BCUT2D eigenvalue weighted by molar-refractivity contribution is -0.126. The topological polar surface area (TPSA) is 55.1 Å².